The number of carbonyl (C=O) groups is 1. The number of nitrogens with one attached hydrogen (secondary N) is 2. The number of hydrogen-bond donors (Lipinski definition) is 3. The van der Waals surface area contributed by atoms with Crippen LogP contribution in [0.5, 0.6) is 5.75 Å². The van der Waals surface area contributed by atoms with Crippen LogP contribution in [0.3, 0.4) is 0 Å². The molecule has 0 fully saturated rings. The number of aromatic hydroxyl groups is 1. The molecule has 2 heterocycles. The lowest BCUT2D eigenvalue weighted by atomic mass is 10.1. The van der Waals surface area contributed by atoms with Gasteiger partial charge in [0.1, 0.15) is 5.75 Å². The van der Waals surface area contributed by atoms with E-state index < -0.39 is 0 Å². The van der Waals surface area contributed by atoms with Gasteiger partial charge in [0.05, 0.1) is 0 Å². The number of carbonyl (C=O) groups excluding carboxylic acids is 1. The molecule has 4 rings (SSSR count). The summed E-state index contributed by atoms with van der Waals surface area (Å²) in [5, 5.41) is 13.5. The lowest BCUT2D eigenvalue weighted by molar-refractivity contribution is 0.0950. The van der Waals surface area contributed by atoms with Crippen LogP contribution >= 0.6 is 0 Å². The Labute approximate surface area is 149 Å². The molecule has 0 saturated carbocycles. The molecule has 0 atom stereocenters. The van der Waals surface area contributed by atoms with Crippen molar-refractivity contribution in [3.8, 4) is 17.1 Å². The molecule has 1 amide bonds. The number of phenolic OH excluding ortho intramolecular Hbond substituents is 1. The average Bonchev–Trinajstić information content (AvgIpc) is 3.30. The first-order valence-corrected chi connectivity index (χ1v) is 8.28. The summed E-state index contributed by atoms with van der Waals surface area (Å²) in [7, 11) is 0. The molecule has 2 aromatic carbocycles. The van der Waals surface area contributed by atoms with E-state index in [1.807, 2.05) is 42.6 Å². The number of oxazole rings is 1. The maximum Gasteiger partial charge on any atom is 0.273 e. The standard InChI is InChI=1S/C20H17N3O3/c24-15-6-7-17-16(10-15)14(11-22-17)8-9-21-20(25)18-19(26-12-23-18)13-4-2-1-3-5-13/h1-7,10-12,22,24H,8-9H2,(H,21,25). The highest BCUT2D eigenvalue weighted by Gasteiger charge is 2.17. The Hall–Kier alpha value is -3.54. The van der Waals surface area contributed by atoms with Crippen molar-refractivity contribution in [3.63, 3.8) is 0 Å². The summed E-state index contributed by atoms with van der Waals surface area (Å²) < 4.78 is 5.39. The Kier molecular flexibility index (Phi) is 4.15. The fraction of sp³-hybridized carbons (Fsp3) is 0.100. The van der Waals surface area contributed by atoms with Crippen LogP contribution in [0.4, 0.5) is 0 Å². The fourth-order valence-electron chi connectivity index (χ4n) is 2.97. The number of phenols is 1. The number of aromatic amines is 1. The van der Waals surface area contributed by atoms with Crippen molar-refractivity contribution in [2.24, 2.45) is 0 Å². The number of nitrogens with zero attached hydrogens (tertiary/aromatic N) is 1. The van der Waals surface area contributed by atoms with Gasteiger partial charge >= 0.3 is 0 Å². The molecule has 6 nitrogen and oxygen atoms in total. The predicted octanol–water partition coefficient (Wildman–Crippen LogP) is 3.50. The van der Waals surface area contributed by atoms with Crippen LogP contribution in [-0.4, -0.2) is 27.5 Å². The van der Waals surface area contributed by atoms with Crippen molar-refractivity contribution >= 4 is 16.8 Å². The van der Waals surface area contributed by atoms with E-state index in [0.717, 1.165) is 22.0 Å². The van der Waals surface area contributed by atoms with Crippen molar-refractivity contribution < 1.29 is 14.3 Å². The van der Waals surface area contributed by atoms with E-state index in [9.17, 15) is 9.90 Å². The minimum atomic E-state index is -0.278. The van der Waals surface area contributed by atoms with Gasteiger partial charge in [-0.3, -0.25) is 4.79 Å². The molecule has 26 heavy (non-hydrogen) atoms. The van der Waals surface area contributed by atoms with Crippen molar-refractivity contribution in [3.05, 3.63) is 72.4 Å². The minimum absolute atomic E-state index is 0.220. The second-order valence-corrected chi connectivity index (χ2v) is 5.95. The molecule has 0 saturated heterocycles. The van der Waals surface area contributed by atoms with Crippen LogP contribution in [0.15, 0.2) is 65.5 Å². The highest BCUT2D eigenvalue weighted by atomic mass is 16.3. The Bertz CT molecular complexity index is 1050. The lowest BCUT2D eigenvalue weighted by Gasteiger charge is -2.05. The summed E-state index contributed by atoms with van der Waals surface area (Å²) in [5.41, 5.74) is 3.06. The zero-order valence-corrected chi connectivity index (χ0v) is 13.9. The number of amides is 1. The van der Waals surface area contributed by atoms with Gasteiger partial charge < -0.3 is 19.8 Å². The summed E-state index contributed by atoms with van der Waals surface area (Å²) in [6, 6.07) is 14.6. The highest BCUT2D eigenvalue weighted by Crippen LogP contribution is 2.24. The first kappa shape index (κ1) is 16.0. The van der Waals surface area contributed by atoms with Crippen LogP contribution in [0.1, 0.15) is 16.1 Å². The van der Waals surface area contributed by atoms with Gasteiger partial charge in [0.15, 0.2) is 17.8 Å². The third-order valence-corrected chi connectivity index (χ3v) is 4.25. The first-order valence-electron chi connectivity index (χ1n) is 8.28. The van der Waals surface area contributed by atoms with Crippen LogP contribution in [0.2, 0.25) is 0 Å². The molecular formula is C20H17N3O3. The molecule has 130 valence electrons. The maximum absolute atomic E-state index is 12.5. The number of H-pyrrole nitrogens is 1. The largest absolute Gasteiger partial charge is 0.508 e. The molecule has 2 aromatic heterocycles. The van der Waals surface area contributed by atoms with Gasteiger partial charge in [-0.25, -0.2) is 4.98 Å². The zero-order chi connectivity index (χ0) is 17.9. The monoisotopic (exact) mass is 347 g/mol. The Balaban J connectivity index is 1.45. The normalized spacial score (nSPS) is 10.9. The Morgan fingerprint density at radius 2 is 2.04 bits per heavy atom. The van der Waals surface area contributed by atoms with E-state index in [2.05, 4.69) is 15.3 Å². The van der Waals surface area contributed by atoms with E-state index in [0.29, 0.717) is 18.7 Å². The van der Waals surface area contributed by atoms with Crippen LogP contribution in [0.25, 0.3) is 22.2 Å². The van der Waals surface area contributed by atoms with Crippen molar-refractivity contribution in [1.29, 1.82) is 0 Å². The molecule has 0 unspecified atom stereocenters. The summed E-state index contributed by atoms with van der Waals surface area (Å²) in [4.78, 5) is 19.7. The van der Waals surface area contributed by atoms with Gasteiger partial charge in [-0.2, -0.15) is 0 Å². The average molecular weight is 347 g/mol. The quantitative estimate of drug-likeness (QED) is 0.515. The predicted molar refractivity (Wildman–Crippen MR) is 97.9 cm³/mol. The van der Waals surface area contributed by atoms with Crippen LogP contribution in [0, 0.1) is 0 Å². The van der Waals surface area contributed by atoms with E-state index in [1.54, 1.807) is 12.1 Å². The number of aromatic nitrogens is 2. The second kappa shape index (κ2) is 6.76. The van der Waals surface area contributed by atoms with Gasteiger partial charge in [-0.1, -0.05) is 30.3 Å². The second-order valence-electron chi connectivity index (χ2n) is 5.95. The number of fused-ring (bicyclic) bond motifs is 1. The van der Waals surface area contributed by atoms with Crippen LogP contribution < -0.4 is 5.32 Å². The van der Waals surface area contributed by atoms with E-state index >= 15 is 0 Å². The molecule has 3 N–H and O–H groups in total. The smallest absolute Gasteiger partial charge is 0.273 e. The SMILES string of the molecule is O=C(NCCc1c[nH]c2ccc(O)cc12)c1ncoc1-c1ccccc1. The Morgan fingerprint density at radius 3 is 2.88 bits per heavy atom. The van der Waals surface area contributed by atoms with Crippen molar-refractivity contribution in [2.45, 2.75) is 6.42 Å². The highest BCUT2D eigenvalue weighted by molar-refractivity contribution is 5.97. The third kappa shape index (κ3) is 3.04. The van der Waals surface area contributed by atoms with Gasteiger partial charge in [0.25, 0.3) is 5.91 Å². The van der Waals surface area contributed by atoms with E-state index in [1.165, 1.54) is 6.39 Å². The molecule has 6 heteroatoms. The molecule has 0 bridgehead atoms. The van der Waals surface area contributed by atoms with Gasteiger partial charge in [0, 0.05) is 29.2 Å². The van der Waals surface area contributed by atoms with Crippen molar-refractivity contribution in [2.75, 3.05) is 6.54 Å². The van der Waals surface area contributed by atoms with Gasteiger partial charge in [-0.15, -0.1) is 0 Å². The summed E-state index contributed by atoms with van der Waals surface area (Å²) in [6.07, 6.45) is 3.80. The van der Waals surface area contributed by atoms with E-state index in [4.69, 9.17) is 4.42 Å². The van der Waals surface area contributed by atoms with Crippen molar-refractivity contribution in [1.82, 2.24) is 15.3 Å². The Morgan fingerprint density at radius 1 is 1.19 bits per heavy atom. The first-order chi connectivity index (χ1) is 12.7. The molecule has 0 aliphatic rings. The number of benzene rings is 2. The topological polar surface area (TPSA) is 91.2 Å². The van der Waals surface area contributed by atoms with Crippen LogP contribution in [-0.2, 0) is 6.42 Å². The molecule has 0 aliphatic carbocycles. The van der Waals surface area contributed by atoms with Gasteiger partial charge in [0.2, 0.25) is 0 Å². The fourth-order valence-corrected chi connectivity index (χ4v) is 2.97. The third-order valence-electron chi connectivity index (χ3n) is 4.25. The van der Waals surface area contributed by atoms with Gasteiger partial charge in [-0.05, 0) is 30.2 Å². The molecule has 0 aliphatic heterocycles. The molecular weight excluding hydrogens is 330 g/mol. The maximum atomic E-state index is 12.5. The lowest BCUT2D eigenvalue weighted by Crippen LogP contribution is -2.26. The number of rotatable bonds is 5. The molecule has 0 spiro atoms. The number of hydrogen-bond acceptors (Lipinski definition) is 4. The van der Waals surface area contributed by atoms with E-state index in [-0.39, 0.29) is 17.4 Å². The molecule has 4 aromatic rings. The summed E-state index contributed by atoms with van der Waals surface area (Å²) in [5.74, 6) is 0.401. The summed E-state index contributed by atoms with van der Waals surface area (Å²) in [6.45, 7) is 0.447. The zero-order valence-electron chi connectivity index (χ0n) is 13.9. The molecule has 0 radical (unpaired) electrons. The summed E-state index contributed by atoms with van der Waals surface area (Å²) >= 11 is 0. The minimum Gasteiger partial charge on any atom is -0.508 e.